The molecule has 6 nitrogen and oxygen atoms in total. The number of nitriles is 1. The van der Waals surface area contributed by atoms with Crippen LogP contribution in [0, 0.1) is 11.3 Å². The van der Waals surface area contributed by atoms with E-state index in [1.165, 1.54) is 11.8 Å². The van der Waals surface area contributed by atoms with E-state index in [-0.39, 0.29) is 12.3 Å². The van der Waals surface area contributed by atoms with Crippen molar-refractivity contribution >= 4 is 35.0 Å². The smallest absolute Gasteiger partial charge is 0.225 e. The third-order valence-electron chi connectivity index (χ3n) is 3.48. The highest BCUT2D eigenvalue weighted by atomic mass is 35.5. The Balaban J connectivity index is 1.58. The van der Waals surface area contributed by atoms with Crippen LogP contribution in [0.1, 0.15) is 12.0 Å². The van der Waals surface area contributed by atoms with E-state index in [0.717, 1.165) is 5.69 Å². The Kier molecular flexibility index (Phi) is 5.89. The van der Waals surface area contributed by atoms with Crippen LogP contribution in [-0.2, 0) is 4.79 Å². The van der Waals surface area contributed by atoms with Gasteiger partial charge in [0.25, 0.3) is 0 Å². The van der Waals surface area contributed by atoms with E-state index in [0.29, 0.717) is 27.2 Å². The van der Waals surface area contributed by atoms with Gasteiger partial charge in [0.15, 0.2) is 5.16 Å². The van der Waals surface area contributed by atoms with Gasteiger partial charge in [-0.25, -0.2) is 0 Å². The number of carbonyl (C=O) groups excluding carboxylic acids is 1. The molecule has 0 saturated heterocycles. The molecule has 0 aliphatic carbocycles. The lowest BCUT2D eigenvalue weighted by molar-refractivity contribution is -0.115. The second-order valence-corrected chi connectivity index (χ2v) is 6.77. The van der Waals surface area contributed by atoms with Gasteiger partial charge in [0.2, 0.25) is 5.91 Å². The molecule has 0 atom stereocenters. The van der Waals surface area contributed by atoms with Gasteiger partial charge in [0.05, 0.1) is 16.9 Å². The van der Waals surface area contributed by atoms with E-state index < -0.39 is 0 Å². The Bertz CT molecular complexity index is 966. The summed E-state index contributed by atoms with van der Waals surface area (Å²) in [4.78, 5) is 12.1. The van der Waals surface area contributed by atoms with Crippen LogP contribution in [0.5, 0.6) is 0 Å². The number of rotatable bonds is 6. The minimum absolute atomic E-state index is 0.158. The Morgan fingerprint density at radius 3 is 2.92 bits per heavy atom. The van der Waals surface area contributed by atoms with Crippen molar-refractivity contribution in [2.75, 3.05) is 11.1 Å². The first-order valence-corrected chi connectivity index (χ1v) is 9.11. The highest BCUT2D eigenvalue weighted by Gasteiger charge is 2.10. The number of para-hydroxylation sites is 1. The van der Waals surface area contributed by atoms with Crippen LogP contribution in [0.15, 0.2) is 60.0 Å². The molecule has 8 heteroatoms. The molecule has 0 fully saturated rings. The number of benzene rings is 2. The zero-order chi connectivity index (χ0) is 18.4. The fourth-order valence-electron chi connectivity index (χ4n) is 2.26. The van der Waals surface area contributed by atoms with E-state index in [1.54, 1.807) is 36.7 Å². The molecule has 1 N–H and O–H groups in total. The van der Waals surface area contributed by atoms with Crippen LogP contribution in [0.3, 0.4) is 0 Å². The zero-order valence-corrected chi connectivity index (χ0v) is 15.2. The number of nitrogens with zero attached hydrogens (tertiary/aromatic N) is 4. The van der Waals surface area contributed by atoms with Gasteiger partial charge in [-0.2, -0.15) is 5.26 Å². The topological polar surface area (TPSA) is 83.6 Å². The quantitative estimate of drug-likeness (QED) is 0.652. The summed E-state index contributed by atoms with van der Waals surface area (Å²) in [7, 11) is 0. The van der Waals surface area contributed by atoms with Crippen LogP contribution in [0.2, 0.25) is 5.02 Å². The van der Waals surface area contributed by atoms with Crippen LogP contribution in [-0.4, -0.2) is 26.4 Å². The molecule has 0 aliphatic heterocycles. The summed E-state index contributed by atoms with van der Waals surface area (Å²) in [6.07, 6.45) is 1.89. The predicted octanol–water partition coefficient (Wildman–Crippen LogP) is 3.91. The van der Waals surface area contributed by atoms with E-state index in [1.807, 2.05) is 22.8 Å². The van der Waals surface area contributed by atoms with Gasteiger partial charge in [-0.15, -0.1) is 10.2 Å². The number of nitrogens with one attached hydrogen (secondary N) is 1. The fraction of sp³-hybridized carbons (Fsp3) is 0.111. The molecule has 1 amide bonds. The summed E-state index contributed by atoms with van der Waals surface area (Å²) in [5.41, 5.74) is 1.82. The van der Waals surface area contributed by atoms with Gasteiger partial charge in [0, 0.05) is 17.2 Å². The van der Waals surface area contributed by atoms with Crippen molar-refractivity contribution in [3.63, 3.8) is 0 Å². The lowest BCUT2D eigenvalue weighted by Crippen LogP contribution is -2.13. The van der Waals surface area contributed by atoms with Crippen LogP contribution >= 0.6 is 23.4 Å². The third-order valence-corrected chi connectivity index (χ3v) is 4.66. The Morgan fingerprint density at radius 1 is 1.27 bits per heavy atom. The van der Waals surface area contributed by atoms with Crippen molar-refractivity contribution in [2.45, 2.75) is 11.6 Å². The molecular weight excluding hydrogens is 370 g/mol. The van der Waals surface area contributed by atoms with Gasteiger partial charge in [-0.05, 0) is 30.3 Å². The van der Waals surface area contributed by atoms with E-state index in [9.17, 15) is 4.79 Å². The van der Waals surface area contributed by atoms with Gasteiger partial charge in [-0.3, -0.25) is 9.36 Å². The maximum absolute atomic E-state index is 12.1. The molecule has 0 aliphatic rings. The van der Waals surface area contributed by atoms with Gasteiger partial charge in [0.1, 0.15) is 12.4 Å². The maximum Gasteiger partial charge on any atom is 0.225 e. The maximum atomic E-state index is 12.1. The molecule has 0 unspecified atom stereocenters. The fourth-order valence-corrected chi connectivity index (χ4v) is 3.31. The summed E-state index contributed by atoms with van der Waals surface area (Å²) in [6.45, 7) is 0. The number of halogens is 1. The number of thioether (sulfide) groups is 1. The third kappa shape index (κ3) is 4.42. The molecule has 1 heterocycles. The molecule has 0 radical (unpaired) electrons. The van der Waals surface area contributed by atoms with Gasteiger partial charge in [-0.1, -0.05) is 41.6 Å². The van der Waals surface area contributed by atoms with Crippen molar-refractivity contribution in [3.05, 3.63) is 65.4 Å². The molecule has 26 heavy (non-hydrogen) atoms. The number of anilines is 1. The number of aromatic nitrogens is 3. The lowest BCUT2D eigenvalue weighted by Gasteiger charge is -2.08. The molecule has 0 spiro atoms. The average molecular weight is 384 g/mol. The monoisotopic (exact) mass is 383 g/mol. The standard InChI is InChI=1S/C18H14ClN5OS/c19-14-5-3-6-15(10-14)24-12-21-23-18(24)26-9-8-17(25)22-16-7-2-1-4-13(16)11-20/h1-7,10,12H,8-9H2,(H,22,25). The highest BCUT2D eigenvalue weighted by Crippen LogP contribution is 2.22. The zero-order valence-electron chi connectivity index (χ0n) is 13.6. The number of carbonyl (C=O) groups is 1. The Labute approximate surface area is 159 Å². The summed E-state index contributed by atoms with van der Waals surface area (Å²) in [6, 6.07) is 16.3. The average Bonchev–Trinajstić information content (AvgIpc) is 3.11. The van der Waals surface area contributed by atoms with Crippen LogP contribution < -0.4 is 5.32 Å². The van der Waals surface area contributed by atoms with E-state index in [4.69, 9.17) is 16.9 Å². The predicted molar refractivity (Wildman–Crippen MR) is 101 cm³/mol. The number of hydrogen-bond acceptors (Lipinski definition) is 5. The molecule has 0 bridgehead atoms. The van der Waals surface area contributed by atoms with Crippen LogP contribution in [0.25, 0.3) is 5.69 Å². The normalized spacial score (nSPS) is 10.3. The lowest BCUT2D eigenvalue weighted by atomic mass is 10.2. The second-order valence-electron chi connectivity index (χ2n) is 5.27. The molecule has 3 rings (SSSR count). The van der Waals surface area contributed by atoms with E-state index in [2.05, 4.69) is 21.6 Å². The highest BCUT2D eigenvalue weighted by molar-refractivity contribution is 7.99. The minimum atomic E-state index is -0.158. The molecule has 1 aromatic heterocycles. The summed E-state index contributed by atoms with van der Waals surface area (Å²) >= 11 is 7.45. The number of amides is 1. The SMILES string of the molecule is N#Cc1ccccc1NC(=O)CCSc1nncn1-c1cccc(Cl)c1. The Hall–Kier alpha value is -2.82. The summed E-state index contributed by atoms with van der Waals surface area (Å²) < 4.78 is 1.82. The Morgan fingerprint density at radius 2 is 2.12 bits per heavy atom. The molecule has 130 valence electrons. The summed E-state index contributed by atoms with van der Waals surface area (Å²) in [5.74, 6) is 0.369. The molecule has 0 saturated carbocycles. The van der Waals surface area contributed by atoms with Crippen molar-refractivity contribution in [3.8, 4) is 11.8 Å². The first-order chi connectivity index (χ1) is 12.7. The van der Waals surface area contributed by atoms with Crippen molar-refractivity contribution < 1.29 is 4.79 Å². The first-order valence-electron chi connectivity index (χ1n) is 7.75. The molecule has 3 aromatic rings. The van der Waals surface area contributed by atoms with Crippen LogP contribution in [0.4, 0.5) is 5.69 Å². The summed E-state index contributed by atoms with van der Waals surface area (Å²) in [5, 5.41) is 21.1. The van der Waals surface area contributed by atoms with Crippen molar-refractivity contribution in [1.29, 1.82) is 5.26 Å². The van der Waals surface area contributed by atoms with Gasteiger partial charge >= 0.3 is 0 Å². The first kappa shape index (κ1) is 18.0. The molecule has 2 aromatic carbocycles. The van der Waals surface area contributed by atoms with E-state index >= 15 is 0 Å². The van der Waals surface area contributed by atoms with Crippen molar-refractivity contribution in [1.82, 2.24) is 14.8 Å². The minimum Gasteiger partial charge on any atom is -0.325 e. The van der Waals surface area contributed by atoms with Gasteiger partial charge < -0.3 is 5.32 Å². The number of hydrogen-bond donors (Lipinski definition) is 1. The largest absolute Gasteiger partial charge is 0.325 e. The second kappa shape index (κ2) is 8.52. The molecular formula is C18H14ClN5OS. The van der Waals surface area contributed by atoms with Crippen molar-refractivity contribution in [2.24, 2.45) is 0 Å².